The van der Waals surface area contributed by atoms with Gasteiger partial charge in [-0.05, 0) is 64.9 Å². The summed E-state index contributed by atoms with van der Waals surface area (Å²) in [4.78, 5) is 0. The van der Waals surface area contributed by atoms with Gasteiger partial charge in [0.1, 0.15) is 6.04 Å². The highest BCUT2D eigenvalue weighted by molar-refractivity contribution is 6.31. The third-order valence-electron chi connectivity index (χ3n) is 4.44. The van der Waals surface area contributed by atoms with Crippen molar-refractivity contribution in [2.24, 2.45) is 0 Å². The quantitative estimate of drug-likeness (QED) is 0.474. The zero-order valence-corrected chi connectivity index (χ0v) is 16.6. The van der Waals surface area contributed by atoms with E-state index < -0.39 is 0 Å². The second-order valence-corrected chi connectivity index (χ2v) is 7.25. The highest BCUT2D eigenvalue weighted by Crippen LogP contribution is 2.29. The Kier molecular flexibility index (Phi) is 5.28. The summed E-state index contributed by atoms with van der Waals surface area (Å²) >= 11 is 12.3. The number of rotatable bonds is 5. The Morgan fingerprint density at radius 2 is 1.61 bits per heavy atom. The van der Waals surface area contributed by atoms with Crippen LogP contribution >= 0.6 is 23.2 Å². The minimum absolute atomic E-state index is 0.284. The minimum Gasteiger partial charge on any atom is -0.371 e. The molecular weight excluding hydrogens is 393 g/mol. The maximum atomic E-state index is 6.22. The third-order valence-corrected chi connectivity index (χ3v) is 4.93. The Morgan fingerprint density at radius 1 is 0.893 bits per heavy atom. The molecule has 0 fully saturated rings. The lowest BCUT2D eigenvalue weighted by atomic mass is 10.1. The average molecular weight is 410 g/mol. The van der Waals surface area contributed by atoms with E-state index >= 15 is 0 Å². The average Bonchev–Trinajstić information content (AvgIpc) is 3.19. The number of hydrogen-bond acceptors (Lipinski definition) is 4. The maximum absolute atomic E-state index is 6.22. The second-order valence-electron chi connectivity index (χ2n) is 6.37. The molecule has 1 aromatic heterocycles. The van der Waals surface area contributed by atoms with Crippen LogP contribution in [-0.4, -0.2) is 20.2 Å². The predicted octanol–water partition coefficient (Wildman–Crippen LogP) is 5.48. The van der Waals surface area contributed by atoms with Gasteiger partial charge in [-0.1, -0.05) is 59.6 Å². The van der Waals surface area contributed by atoms with Crippen molar-refractivity contribution in [1.29, 1.82) is 0 Å². The Labute approximate surface area is 172 Å². The molecule has 0 spiro atoms. The van der Waals surface area contributed by atoms with Gasteiger partial charge in [-0.2, -0.15) is 4.68 Å². The summed E-state index contributed by atoms with van der Waals surface area (Å²) in [6.07, 6.45) is 0. The van der Waals surface area contributed by atoms with Crippen molar-refractivity contribution in [3.05, 3.63) is 99.8 Å². The highest BCUT2D eigenvalue weighted by atomic mass is 35.5. The molecule has 0 saturated carbocycles. The van der Waals surface area contributed by atoms with E-state index in [4.69, 9.17) is 23.2 Å². The fraction of sp³-hybridized carbons (Fsp3) is 0.0952. The molecule has 140 valence electrons. The molecule has 0 aliphatic rings. The number of nitrogens with zero attached hydrogens (tertiary/aromatic N) is 4. The van der Waals surface area contributed by atoms with Crippen LogP contribution in [-0.2, 0) is 0 Å². The SMILES string of the molecule is Cc1ccc(Cl)cc1-n1nnnc1[C@@H](Nc1ccccc1)c1ccc(Cl)cc1. The van der Waals surface area contributed by atoms with Gasteiger partial charge in [-0.15, -0.1) is 5.10 Å². The fourth-order valence-electron chi connectivity index (χ4n) is 3.01. The lowest BCUT2D eigenvalue weighted by Gasteiger charge is -2.20. The van der Waals surface area contributed by atoms with E-state index in [1.54, 1.807) is 4.68 Å². The van der Waals surface area contributed by atoms with Crippen molar-refractivity contribution < 1.29 is 0 Å². The molecule has 1 heterocycles. The molecule has 28 heavy (non-hydrogen) atoms. The van der Waals surface area contributed by atoms with E-state index in [0.717, 1.165) is 22.5 Å². The van der Waals surface area contributed by atoms with Gasteiger partial charge in [0, 0.05) is 15.7 Å². The molecule has 5 nitrogen and oxygen atoms in total. The van der Waals surface area contributed by atoms with Gasteiger partial charge in [0.2, 0.25) is 0 Å². The summed E-state index contributed by atoms with van der Waals surface area (Å²) in [6, 6.07) is 23.0. The van der Waals surface area contributed by atoms with Gasteiger partial charge in [0.25, 0.3) is 0 Å². The monoisotopic (exact) mass is 409 g/mol. The maximum Gasteiger partial charge on any atom is 0.183 e. The van der Waals surface area contributed by atoms with Crippen LogP contribution in [0.5, 0.6) is 0 Å². The first-order chi connectivity index (χ1) is 13.6. The van der Waals surface area contributed by atoms with E-state index in [1.807, 2.05) is 79.7 Å². The van der Waals surface area contributed by atoms with Crippen LogP contribution in [0.15, 0.2) is 72.8 Å². The molecule has 4 rings (SSSR count). The summed E-state index contributed by atoms with van der Waals surface area (Å²) in [5.74, 6) is 0.650. The Balaban J connectivity index is 1.82. The lowest BCUT2D eigenvalue weighted by molar-refractivity contribution is 0.735. The van der Waals surface area contributed by atoms with Gasteiger partial charge in [-0.25, -0.2) is 0 Å². The molecule has 0 radical (unpaired) electrons. The topological polar surface area (TPSA) is 55.6 Å². The molecule has 0 bridgehead atoms. The first kappa shape index (κ1) is 18.5. The molecular formula is C21H17Cl2N5. The number of para-hydroxylation sites is 1. The molecule has 0 aliphatic heterocycles. The van der Waals surface area contributed by atoms with Gasteiger partial charge in [0.15, 0.2) is 5.82 Å². The van der Waals surface area contributed by atoms with Gasteiger partial charge >= 0.3 is 0 Å². The fourth-order valence-corrected chi connectivity index (χ4v) is 3.30. The molecule has 0 saturated heterocycles. The molecule has 4 aromatic rings. The molecule has 0 unspecified atom stereocenters. The molecule has 0 aliphatic carbocycles. The van der Waals surface area contributed by atoms with Crippen molar-refractivity contribution in [3.63, 3.8) is 0 Å². The molecule has 7 heteroatoms. The second kappa shape index (κ2) is 8.00. The Hall–Kier alpha value is -2.89. The van der Waals surface area contributed by atoms with E-state index in [-0.39, 0.29) is 6.04 Å². The Bertz CT molecular complexity index is 1080. The largest absolute Gasteiger partial charge is 0.371 e. The number of anilines is 1. The van der Waals surface area contributed by atoms with Crippen LogP contribution in [0, 0.1) is 6.92 Å². The molecule has 0 amide bonds. The number of tetrazole rings is 1. The first-order valence-electron chi connectivity index (χ1n) is 8.73. The predicted molar refractivity (Wildman–Crippen MR) is 112 cm³/mol. The number of halogens is 2. The summed E-state index contributed by atoms with van der Waals surface area (Å²) in [5, 5.41) is 17.3. The number of aryl methyl sites for hydroxylation is 1. The number of aromatic nitrogens is 4. The lowest BCUT2D eigenvalue weighted by Crippen LogP contribution is -2.18. The number of hydrogen-bond donors (Lipinski definition) is 1. The van der Waals surface area contributed by atoms with Gasteiger partial charge < -0.3 is 5.32 Å². The van der Waals surface area contributed by atoms with Crippen molar-refractivity contribution in [1.82, 2.24) is 20.2 Å². The van der Waals surface area contributed by atoms with Crippen LogP contribution in [0.25, 0.3) is 5.69 Å². The van der Waals surface area contributed by atoms with Gasteiger partial charge in [-0.3, -0.25) is 0 Å². The molecule has 1 atom stereocenters. The zero-order chi connectivity index (χ0) is 19.5. The summed E-state index contributed by atoms with van der Waals surface area (Å²) in [6.45, 7) is 2.00. The van der Waals surface area contributed by atoms with Crippen LogP contribution in [0.2, 0.25) is 10.0 Å². The number of benzene rings is 3. The summed E-state index contributed by atoms with van der Waals surface area (Å²) in [7, 11) is 0. The zero-order valence-electron chi connectivity index (χ0n) is 15.1. The van der Waals surface area contributed by atoms with Crippen molar-refractivity contribution in [2.75, 3.05) is 5.32 Å². The smallest absolute Gasteiger partial charge is 0.183 e. The Morgan fingerprint density at radius 3 is 2.36 bits per heavy atom. The van der Waals surface area contributed by atoms with E-state index in [2.05, 4.69) is 20.8 Å². The normalized spacial score (nSPS) is 12.0. The van der Waals surface area contributed by atoms with Crippen LogP contribution in [0.3, 0.4) is 0 Å². The van der Waals surface area contributed by atoms with Crippen LogP contribution in [0.4, 0.5) is 5.69 Å². The van der Waals surface area contributed by atoms with E-state index in [0.29, 0.717) is 15.9 Å². The van der Waals surface area contributed by atoms with Crippen LogP contribution in [0.1, 0.15) is 23.0 Å². The van der Waals surface area contributed by atoms with Crippen molar-refractivity contribution >= 4 is 28.9 Å². The van der Waals surface area contributed by atoms with Crippen molar-refractivity contribution in [3.8, 4) is 5.69 Å². The molecule has 1 N–H and O–H groups in total. The minimum atomic E-state index is -0.284. The first-order valence-corrected chi connectivity index (χ1v) is 9.49. The highest BCUT2D eigenvalue weighted by Gasteiger charge is 2.23. The van der Waals surface area contributed by atoms with Crippen LogP contribution < -0.4 is 5.32 Å². The van der Waals surface area contributed by atoms with E-state index in [9.17, 15) is 0 Å². The summed E-state index contributed by atoms with van der Waals surface area (Å²) < 4.78 is 1.72. The van der Waals surface area contributed by atoms with E-state index in [1.165, 1.54) is 0 Å². The molecule has 3 aromatic carbocycles. The number of nitrogens with one attached hydrogen (secondary N) is 1. The third kappa shape index (κ3) is 3.86. The van der Waals surface area contributed by atoms with Gasteiger partial charge in [0.05, 0.1) is 5.69 Å². The van der Waals surface area contributed by atoms with Crippen molar-refractivity contribution in [2.45, 2.75) is 13.0 Å². The summed E-state index contributed by atoms with van der Waals surface area (Å²) in [5.41, 5.74) is 3.80. The standard InChI is InChI=1S/C21H17Cl2N5/c1-14-7-10-17(23)13-19(14)28-21(25-26-27-28)20(15-8-11-16(22)12-9-15)24-18-5-3-2-4-6-18/h2-13,20,24H,1H3/t20-/m0/s1.